The lowest BCUT2D eigenvalue weighted by Gasteiger charge is -2.23. The lowest BCUT2D eigenvalue weighted by atomic mass is 10.1. The zero-order valence-corrected chi connectivity index (χ0v) is 12.9. The van der Waals surface area contributed by atoms with Gasteiger partial charge in [0.15, 0.2) is 5.82 Å². The second-order valence-corrected chi connectivity index (χ2v) is 5.93. The fourth-order valence-electron chi connectivity index (χ4n) is 2.92. The summed E-state index contributed by atoms with van der Waals surface area (Å²) in [4.78, 5) is 22.4. The highest BCUT2D eigenvalue weighted by atomic mass is 16.5. The molecule has 8 nitrogen and oxygen atoms in total. The molecular weight excluding hydrogens is 300 g/mol. The smallest absolute Gasteiger partial charge is 0.351 e. The molecule has 3 heterocycles. The summed E-state index contributed by atoms with van der Waals surface area (Å²) in [6.07, 6.45) is 5.07. The standard InChI is InChI=1S/C15H22N4O4/c20-9-12-11(21)8-14(23-12)19-7-4-13(17-15(19)22)16-10-18-5-2-1-3-6-18/h4,7,10-12,14,20-21H,1-3,5-6,8-9H2/t11-,12+,14+/m0/s1. The number of hydrogen-bond acceptors (Lipinski definition) is 6. The number of aliphatic hydroxyl groups is 2. The van der Waals surface area contributed by atoms with Crippen molar-refractivity contribution in [2.45, 2.75) is 44.1 Å². The minimum atomic E-state index is -0.784. The van der Waals surface area contributed by atoms with Crippen molar-refractivity contribution in [3.8, 4) is 0 Å². The van der Waals surface area contributed by atoms with Crippen molar-refractivity contribution in [3.63, 3.8) is 0 Å². The molecule has 8 heteroatoms. The molecule has 126 valence electrons. The molecule has 0 unspecified atom stereocenters. The number of likely N-dealkylation sites (tertiary alicyclic amines) is 1. The number of nitrogens with zero attached hydrogens (tertiary/aromatic N) is 4. The predicted molar refractivity (Wildman–Crippen MR) is 83.7 cm³/mol. The average Bonchev–Trinajstić information content (AvgIpc) is 2.94. The average molecular weight is 322 g/mol. The monoisotopic (exact) mass is 322 g/mol. The second-order valence-electron chi connectivity index (χ2n) is 5.93. The highest BCUT2D eigenvalue weighted by molar-refractivity contribution is 5.59. The van der Waals surface area contributed by atoms with Crippen molar-refractivity contribution < 1.29 is 14.9 Å². The lowest BCUT2D eigenvalue weighted by Crippen LogP contribution is -2.28. The van der Waals surface area contributed by atoms with Gasteiger partial charge in [-0.2, -0.15) is 4.98 Å². The van der Waals surface area contributed by atoms with Gasteiger partial charge >= 0.3 is 5.69 Å². The van der Waals surface area contributed by atoms with Gasteiger partial charge in [-0.3, -0.25) is 4.57 Å². The molecule has 3 rings (SSSR count). The summed E-state index contributed by atoms with van der Waals surface area (Å²) < 4.78 is 6.78. The highest BCUT2D eigenvalue weighted by Crippen LogP contribution is 2.27. The molecule has 23 heavy (non-hydrogen) atoms. The van der Waals surface area contributed by atoms with Crippen LogP contribution in [0.1, 0.15) is 31.9 Å². The molecule has 0 radical (unpaired) electrons. The molecule has 2 aliphatic rings. The summed E-state index contributed by atoms with van der Waals surface area (Å²) in [5.41, 5.74) is -0.478. The van der Waals surface area contributed by atoms with Crippen LogP contribution in [-0.2, 0) is 4.74 Å². The van der Waals surface area contributed by atoms with Gasteiger partial charge in [0, 0.05) is 25.7 Å². The van der Waals surface area contributed by atoms with Crippen LogP contribution in [0.3, 0.4) is 0 Å². The van der Waals surface area contributed by atoms with Crippen LogP contribution in [0.5, 0.6) is 0 Å². The Morgan fingerprint density at radius 2 is 2.17 bits per heavy atom. The van der Waals surface area contributed by atoms with Gasteiger partial charge in [-0.05, 0) is 25.3 Å². The Labute approximate surface area is 134 Å². The molecule has 1 aromatic rings. The highest BCUT2D eigenvalue weighted by Gasteiger charge is 2.34. The molecule has 2 aliphatic heterocycles. The molecule has 2 fully saturated rings. The summed E-state index contributed by atoms with van der Waals surface area (Å²) in [5, 5.41) is 18.8. The van der Waals surface area contributed by atoms with E-state index in [9.17, 15) is 9.90 Å². The fourth-order valence-corrected chi connectivity index (χ4v) is 2.92. The maximum absolute atomic E-state index is 12.1. The normalized spacial score (nSPS) is 28.6. The minimum absolute atomic E-state index is 0.253. The van der Waals surface area contributed by atoms with E-state index in [1.807, 2.05) is 0 Å². The van der Waals surface area contributed by atoms with E-state index in [1.54, 1.807) is 18.6 Å². The third-order valence-electron chi connectivity index (χ3n) is 4.25. The van der Waals surface area contributed by atoms with E-state index in [0.717, 1.165) is 25.9 Å². The maximum atomic E-state index is 12.1. The lowest BCUT2D eigenvalue weighted by molar-refractivity contribution is -0.0458. The third-order valence-corrected chi connectivity index (χ3v) is 4.25. The van der Waals surface area contributed by atoms with E-state index >= 15 is 0 Å². The van der Waals surface area contributed by atoms with Gasteiger partial charge in [0.1, 0.15) is 12.3 Å². The molecule has 3 atom stereocenters. The molecule has 0 spiro atoms. The van der Waals surface area contributed by atoms with E-state index in [1.165, 1.54) is 11.0 Å². The van der Waals surface area contributed by atoms with E-state index in [-0.39, 0.29) is 13.0 Å². The topological polar surface area (TPSA) is 100 Å². The summed E-state index contributed by atoms with van der Waals surface area (Å²) in [6.45, 7) is 1.69. The van der Waals surface area contributed by atoms with E-state index < -0.39 is 24.1 Å². The number of rotatable bonds is 4. The number of piperidine rings is 1. The van der Waals surface area contributed by atoms with Crippen molar-refractivity contribution in [3.05, 3.63) is 22.7 Å². The van der Waals surface area contributed by atoms with Crippen LogP contribution >= 0.6 is 0 Å². The van der Waals surface area contributed by atoms with Crippen LogP contribution in [0, 0.1) is 0 Å². The van der Waals surface area contributed by atoms with Crippen molar-refractivity contribution in [1.29, 1.82) is 0 Å². The zero-order valence-electron chi connectivity index (χ0n) is 12.9. The van der Waals surface area contributed by atoms with Crippen LogP contribution in [0.4, 0.5) is 5.82 Å². The summed E-state index contributed by atoms with van der Waals surface area (Å²) in [5.74, 6) is 0.356. The van der Waals surface area contributed by atoms with Crippen molar-refractivity contribution >= 4 is 12.2 Å². The van der Waals surface area contributed by atoms with Crippen molar-refractivity contribution in [2.24, 2.45) is 4.99 Å². The Morgan fingerprint density at radius 3 is 2.83 bits per heavy atom. The molecule has 0 bridgehead atoms. The SMILES string of the molecule is O=c1nc(N=CN2CCCCC2)ccn1[C@H]1C[C@H](O)[C@@H](CO)O1. The minimum Gasteiger partial charge on any atom is -0.394 e. The van der Waals surface area contributed by atoms with Crippen LogP contribution in [-0.4, -0.2) is 62.9 Å². The van der Waals surface area contributed by atoms with Gasteiger partial charge in [-0.15, -0.1) is 0 Å². The number of aromatic nitrogens is 2. The Hall–Kier alpha value is -1.77. The summed E-state index contributed by atoms with van der Waals surface area (Å²) in [7, 11) is 0. The van der Waals surface area contributed by atoms with Gasteiger partial charge in [0.2, 0.25) is 0 Å². The van der Waals surface area contributed by atoms with Gasteiger partial charge in [-0.1, -0.05) is 0 Å². The predicted octanol–water partition coefficient (Wildman–Crippen LogP) is 0.0297. The van der Waals surface area contributed by atoms with E-state index in [0.29, 0.717) is 5.82 Å². The molecule has 0 amide bonds. The van der Waals surface area contributed by atoms with Crippen molar-refractivity contribution in [2.75, 3.05) is 19.7 Å². The quantitative estimate of drug-likeness (QED) is 0.599. The summed E-state index contributed by atoms with van der Waals surface area (Å²) >= 11 is 0. The number of aliphatic hydroxyl groups excluding tert-OH is 2. The number of aliphatic imine (C=N–C) groups is 1. The third kappa shape index (κ3) is 3.77. The molecule has 2 saturated heterocycles. The van der Waals surface area contributed by atoms with Gasteiger partial charge in [0.25, 0.3) is 0 Å². The van der Waals surface area contributed by atoms with Crippen LogP contribution in [0.15, 0.2) is 22.1 Å². The van der Waals surface area contributed by atoms with Crippen LogP contribution < -0.4 is 5.69 Å². The molecule has 0 saturated carbocycles. The first-order valence-corrected chi connectivity index (χ1v) is 7.99. The largest absolute Gasteiger partial charge is 0.394 e. The van der Waals surface area contributed by atoms with Crippen molar-refractivity contribution in [1.82, 2.24) is 14.5 Å². The number of ether oxygens (including phenoxy) is 1. The maximum Gasteiger partial charge on any atom is 0.351 e. The van der Waals surface area contributed by atoms with E-state index in [4.69, 9.17) is 9.84 Å². The molecule has 2 N–H and O–H groups in total. The summed E-state index contributed by atoms with van der Waals surface area (Å²) in [6, 6.07) is 1.64. The number of hydrogen-bond donors (Lipinski definition) is 2. The van der Waals surface area contributed by atoms with E-state index in [2.05, 4.69) is 14.9 Å². The van der Waals surface area contributed by atoms with Gasteiger partial charge < -0.3 is 19.8 Å². The Bertz CT molecular complexity index is 612. The first kappa shape index (κ1) is 16.1. The zero-order chi connectivity index (χ0) is 16.2. The Morgan fingerprint density at radius 1 is 1.39 bits per heavy atom. The second kappa shape index (κ2) is 7.20. The Kier molecular flexibility index (Phi) is 5.04. The van der Waals surface area contributed by atoms with Crippen LogP contribution in [0.25, 0.3) is 0 Å². The Balaban J connectivity index is 1.68. The first-order chi connectivity index (χ1) is 11.2. The molecule has 0 aliphatic carbocycles. The first-order valence-electron chi connectivity index (χ1n) is 7.99. The molecule has 1 aromatic heterocycles. The van der Waals surface area contributed by atoms with Gasteiger partial charge in [0.05, 0.1) is 19.0 Å². The molecule has 0 aromatic carbocycles. The van der Waals surface area contributed by atoms with Crippen LogP contribution in [0.2, 0.25) is 0 Å². The van der Waals surface area contributed by atoms with Gasteiger partial charge in [-0.25, -0.2) is 9.79 Å². The fraction of sp³-hybridized carbons (Fsp3) is 0.667. The molecular formula is C15H22N4O4.